The highest BCUT2D eigenvalue weighted by Gasteiger charge is 2.11. The van der Waals surface area contributed by atoms with Gasteiger partial charge in [0.05, 0.1) is 0 Å². The fourth-order valence-corrected chi connectivity index (χ4v) is 1.99. The van der Waals surface area contributed by atoms with Crippen LogP contribution in [0.3, 0.4) is 0 Å². The molecule has 0 unspecified atom stereocenters. The van der Waals surface area contributed by atoms with E-state index in [1.54, 1.807) is 0 Å². The van der Waals surface area contributed by atoms with E-state index in [-0.39, 0.29) is 11.2 Å². The van der Waals surface area contributed by atoms with E-state index in [9.17, 15) is 9.59 Å². The van der Waals surface area contributed by atoms with Gasteiger partial charge in [-0.1, -0.05) is 12.8 Å². The van der Waals surface area contributed by atoms with Crippen molar-refractivity contribution >= 4 is 0 Å². The molecule has 4 heteroatoms. The van der Waals surface area contributed by atoms with Crippen molar-refractivity contribution in [2.45, 2.75) is 38.5 Å². The highest BCUT2D eigenvalue weighted by atomic mass is 16.2. The largest absolute Gasteiger partial charge is 0.325 e. The maximum absolute atomic E-state index is 11.5. The molecule has 0 spiro atoms. The van der Waals surface area contributed by atoms with Gasteiger partial charge in [-0.05, 0) is 25.7 Å². The van der Waals surface area contributed by atoms with E-state index in [0.29, 0.717) is 0 Å². The summed E-state index contributed by atoms with van der Waals surface area (Å²) in [7, 11) is 0. The van der Waals surface area contributed by atoms with Crippen molar-refractivity contribution in [3.63, 3.8) is 0 Å². The second kappa shape index (κ2) is 3.82. The third kappa shape index (κ3) is 1.78. The summed E-state index contributed by atoms with van der Waals surface area (Å²) in [5, 5.41) is 0. The molecule has 1 aromatic heterocycles. The van der Waals surface area contributed by atoms with Crippen molar-refractivity contribution in [1.29, 1.82) is 0 Å². The molecular weight excluding hydrogens is 180 g/mol. The SMILES string of the molecule is O=c1[nH]c2c(c(=O)[nH]1)CCCCCC2. The summed E-state index contributed by atoms with van der Waals surface area (Å²) in [6.45, 7) is 0. The van der Waals surface area contributed by atoms with Crippen molar-refractivity contribution in [2.75, 3.05) is 0 Å². The molecule has 0 amide bonds. The van der Waals surface area contributed by atoms with Gasteiger partial charge in [0, 0.05) is 11.3 Å². The normalized spacial score (nSPS) is 16.9. The molecule has 0 saturated carbocycles. The average Bonchev–Trinajstić information content (AvgIpc) is 2.07. The molecule has 2 N–H and O–H groups in total. The summed E-state index contributed by atoms with van der Waals surface area (Å²) < 4.78 is 0. The van der Waals surface area contributed by atoms with E-state index < -0.39 is 0 Å². The molecule has 1 aliphatic rings. The molecule has 4 nitrogen and oxygen atoms in total. The standard InChI is InChI=1S/C10H14N2O2/c13-9-7-5-3-1-2-4-6-8(7)11-10(14)12-9/h1-6H2,(H2,11,12,13,14). The van der Waals surface area contributed by atoms with Gasteiger partial charge in [-0.3, -0.25) is 9.78 Å². The molecule has 1 heterocycles. The molecule has 0 fully saturated rings. The van der Waals surface area contributed by atoms with Gasteiger partial charge < -0.3 is 4.98 Å². The first-order chi connectivity index (χ1) is 6.77. The van der Waals surface area contributed by atoms with Crippen molar-refractivity contribution < 1.29 is 0 Å². The van der Waals surface area contributed by atoms with Gasteiger partial charge in [0.2, 0.25) is 0 Å². The lowest BCUT2D eigenvalue weighted by molar-refractivity contribution is 0.601. The van der Waals surface area contributed by atoms with E-state index in [1.165, 1.54) is 12.8 Å². The summed E-state index contributed by atoms with van der Waals surface area (Å²) in [6.07, 6.45) is 6.09. The van der Waals surface area contributed by atoms with Gasteiger partial charge in [0.1, 0.15) is 0 Å². The molecule has 0 radical (unpaired) electrons. The minimum absolute atomic E-state index is 0.203. The number of nitrogens with one attached hydrogen (secondary N) is 2. The zero-order valence-corrected chi connectivity index (χ0v) is 8.06. The molecule has 2 rings (SSSR count). The first kappa shape index (κ1) is 9.24. The van der Waals surface area contributed by atoms with Crippen molar-refractivity contribution in [2.24, 2.45) is 0 Å². The molecular formula is C10H14N2O2. The van der Waals surface area contributed by atoms with E-state index in [1.807, 2.05) is 0 Å². The van der Waals surface area contributed by atoms with E-state index >= 15 is 0 Å². The highest BCUT2D eigenvalue weighted by molar-refractivity contribution is 5.17. The van der Waals surface area contributed by atoms with Crippen LogP contribution < -0.4 is 11.2 Å². The van der Waals surface area contributed by atoms with Crippen LogP contribution in [-0.2, 0) is 12.8 Å². The lowest BCUT2D eigenvalue weighted by Gasteiger charge is -2.11. The predicted molar refractivity (Wildman–Crippen MR) is 53.6 cm³/mol. The Morgan fingerprint density at radius 2 is 1.57 bits per heavy atom. The van der Waals surface area contributed by atoms with Gasteiger partial charge in [-0.15, -0.1) is 0 Å². The average molecular weight is 194 g/mol. The van der Waals surface area contributed by atoms with Crippen LogP contribution in [0.4, 0.5) is 0 Å². The van der Waals surface area contributed by atoms with Crippen molar-refractivity contribution in [3.8, 4) is 0 Å². The van der Waals surface area contributed by atoms with Gasteiger partial charge in [0.15, 0.2) is 0 Å². The third-order valence-electron chi connectivity index (χ3n) is 2.73. The van der Waals surface area contributed by atoms with E-state index in [0.717, 1.165) is 36.9 Å². The van der Waals surface area contributed by atoms with Crippen LogP contribution in [0.5, 0.6) is 0 Å². The first-order valence-corrected chi connectivity index (χ1v) is 5.12. The summed E-state index contributed by atoms with van der Waals surface area (Å²) in [6, 6.07) is 0. The zero-order chi connectivity index (χ0) is 9.97. The number of aromatic amines is 2. The lowest BCUT2D eigenvalue weighted by atomic mass is 9.98. The third-order valence-corrected chi connectivity index (χ3v) is 2.73. The van der Waals surface area contributed by atoms with Crippen LogP contribution in [0.15, 0.2) is 9.59 Å². The van der Waals surface area contributed by atoms with Gasteiger partial charge in [0.25, 0.3) is 5.56 Å². The lowest BCUT2D eigenvalue weighted by Crippen LogP contribution is -2.28. The Labute approximate surface area is 81.4 Å². The van der Waals surface area contributed by atoms with Crippen LogP contribution in [0.2, 0.25) is 0 Å². The van der Waals surface area contributed by atoms with Crippen LogP contribution in [0, 0.1) is 0 Å². The number of hydrogen-bond acceptors (Lipinski definition) is 2. The first-order valence-electron chi connectivity index (χ1n) is 5.12. The summed E-state index contributed by atoms with van der Waals surface area (Å²) in [5.74, 6) is 0. The smallest absolute Gasteiger partial charge is 0.311 e. The number of hydrogen-bond donors (Lipinski definition) is 2. The van der Waals surface area contributed by atoms with Crippen LogP contribution in [0.1, 0.15) is 36.9 Å². The molecule has 1 aliphatic carbocycles. The minimum atomic E-state index is -0.380. The number of aromatic nitrogens is 2. The Kier molecular flexibility index (Phi) is 2.52. The number of rotatable bonds is 0. The number of fused-ring (bicyclic) bond motifs is 1. The summed E-state index contributed by atoms with van der Waals surface area (Å²) >= 11 is 0. The number of aryl methyl sites for hydroxylation is 1. The Morgan fingerprint density at radius 1 is 0.857 bits per heavy atom. The second-order valence-corrected chi connectivity index (χ2v) is 3.78. The Balaban J connectivity index is 2.49. The van der Waals surface area contributed by atoms with Crippen molar-refractivity contribution in [1.82, 2.24) is 9.97 Å². The van der Waals surface area contributed by atoms with Gasteiger partial charge in [-0.2, -0.15) is 0 Å². The molecule has 76 valence electrons. The maximum Gasteiger partial charge on any atom is 0.325 e. The highest BCUT2D eigenvalue weighted by Crippen LogP contribution is 2.14. The summed E-state index contributed by atoms with van der Waals surface area (Å²) in [4.78, 5) is 27.5. The molecule has 1 aromatic rings. The molecule has 0 atom stereocenters. The molecule has 0 saturated heterocycles. The fraction of sp³-hybridized carbons (Fsp3) is 0.600. The number of H-pyrrole nitrogens is 2. The Hall–Kier alpha value is -1.32. The van der Waals surface area contributed by atoms with Crippen LogP contribution in [-0.4, -0.2) is 9.97 Å². The molecule has 0 aliphatic heterocycles. The predicted octanol–water partition coefficient (Wildman–Crippen LogP) is 0.722. The van der Waals surface area contributed by atoms with E-state index in [4.69, 9.17) is 0 Å². The Bertz CT molecular complexity index is 430. The summed E-state index contributed by atoms with van der Waals surface area (Å²) in [5.41, 5.74) is 1.04. The van der Waals surface area contributed by atoms with Gasteiger partial charge >= 0.3 is 5.69 Å². The molecule has 14 heavy (non-hydrogen) atoms. The zero-order valence-electron chi connectivity index (χ0n) is 8.06. The quantitative estimate of drug-likeness (QED) is 0.639. The van der Waals surface area contributed by atoms with E-state index in [2.05, 4.69) is 9.97 Å². The monoisotopic (exact) mass is 194 g/mol. The fourth-order valence-electron chi connectivity index (χ4n) is 1.99. The molecule has 0 aromatic carbocycles. The van der Waals surface area contributed by atoms with Crippen LogP contribution >= 0.6 is 0 Å². The minimum Gasteiger partial charge on any atom is -0.311 e. The molecule has 0 bridgehead atoms. The second-order valence-electron chi connectivity index (χ2n) is 3.78. The van der Waals surface area contributed by atoms with Crippen LogP contribution in [0.25, 0.3) is 0 Å². The van der Waals surface area contributed by atoms with Gasteiger partial charge in [-0.25, -0.2) is 4.79 Å². The Morgan fingerprint density at radius 3 is 2.36 bits per heavy atom. The topological polar surface area (TPSA) is 65.7 Å². The maximum atomic E-state index is 11.5. The van der Waals surface area contributed by atoms with Crippen molar-refractivity contribution in [3.05, 3.63) is 32.1 Å².